The molecule has 2 fully saturated rings. The van der Waals surface area contributed by atoms with E-state index in [1.165, 1.54) is 29.6 Å². The molecule has 1 aromatic carbocycles. The summed E-state index contributed by atoms with van der Waals surface area (Å²) in [7, 11) is 0. The van der Waals surface area contributed by atoms with E-state index in [1.807, 2.05) is 12.1 Å². The van der Waals surface area contributed by atoms with Gasteiger partial charge in [-0.1, -0.05) is 29.3 Å². The molecule has 4 aliphatic rings. The fraction of sp³-hybridized carbons (Fsp3) is 0.400. The van der Waals surface area contributed by atoms with Crippen LogP contribution in [-0.4, -0.2) is 48.5 Å². The van der Waals surface area contributed by atoms with Crippen molar-refractivity contribution in [3.05, 3.63) is 51.6 Å². The molecule has 2 aliphatic carbocycles. The monoisotopic (exact) mass is 462 g/mol. The number of nitrogens with one attached hydrogen (secondary N) is 2. The number of allylic oxidation sites excluding steroid dienone is 1. The lowest BCUT2D eigenvalue weighted by Crippen LogP contribution is -2.44. The quantitative estimate of drug-likeness (QED) is 0.683. The van der Waals surface area contributed by atoms with E-state index in [0.29, 0.717) is 22.5 Å². The maximum absolute atomic E-state index is 6.70. The van der Waals surface area contributed by atoms with Crippen molar-refractivity contribution in [3.8, 4) is 11.8 Å². The number of anilines is 2. The molecule has 2 aromatic rings. The number of nitrogens with zero attached hydrogens (tertiary/aromatic N) is 4. The number of rotatable bonds is 5. The first-order valence-corrected chi connectivity index (χ1v) is 12.0. The summed E-state index contributed by atoms with van der Waals surface area (Å²) < 4.78 is 6.15. The largest absolute Gasteiger partial charge is 0.423 e. The summed E-state index contributed by atoms with van der Waals surface area (Å²) in [4.78, 5) is 16.3. The topological polar surface area (TPSA) is 74.7 Å². The zero-order valence-corrected chi connectivity index (χ0v) is 19.5. The number of hydrogen-bond acceptors (Lipinski definition) is 7. The Hall–Kier alpha value is -2.90. The van der Waals surface area contributed by atoms with Crippen molar-refractivity contribution in [1.29, 1.82) is 0 Å². The molecule has 0 spiro atoms. The number of hydrogen-bond donors (Lipinski definition) is 2. The number of aromatic nitrogens is 2. The van der Waals surface area contributed by atoms with Crippen LogP contribution in [0.4, 0.5) is 11.6 Å². The predicted molar refractivity (Wildman–Crippen MR) is 133 cm³/mol. The molecule has 8 heteroatoms. The Bertz CT molecular complexity index is 1190. The van der Waals surface area contributed by atoms with Crippen molar-refractivity contribution in [2.45, 2.75) is 26.2 Å². The maximum Gasteiger partial charge on any atom is 0.325 e. The summed E-state index contributed by atoms with van der Waals surface area (Å²) in [6, 6.07) is 6.23. The smallest absolute Gasteiger partial charge is 0.325 e. The molecule has 0 atom stereocenters. The number of amidine groups is 1. The molecule has 6 rings (SSSR count). The minimum atomic E-state index is 0.277. The van der Waals surface area contributed by atoms with Crippen molar-refractivity contribution in [3.63, 3.8) is 0 Å². The second kappa shape index (κ2) is 8.47. The van der Waals surface area contributed by atoms with Crippen LogP contribution in [0.2, 0.25) is 5.02 Å². The first kappa shape index (κ1) is 20.7. The van der Waals surface area contributed by atoms with Crippen LogP contribution in [0.5, 0.6) is 11.8 Å². The number of fused-ring (bicyclic) bond motifs is 1. The zero-order chi connectivity index (χ0) is 22.4. The van der Waals surface area contributed by atoms with E-state index in [2.05, 4.69) is 50.7 Å². The van der Waals surface area contributed by atoms with Crippen LogP contribution in [0.3, 0.4) is 0 Å². The Balaban J connectivity index is 1.30. The second-order valence-electron chi connectivity index (χ2n) is 9.17. The Kier molecular flexibility index (Phi) is 5.31. The molecule has 0 bridgehead atoms. The van der Waals surface area contributed by atoms with Gasteiger partial charge in [0.2, 0.25) is 0 Å². The Morgan fingerprint density at radius 3 is 2.82 bits per heavy atom. The fourth-order valence-corrected chi connectivity index (χ4v) is 4.91. The van der Waals surface area contributed by atoms with Gasteiger partial charge in [-0.3, -0.25) is 4.99 Å². The number of ether oxygens (including phenoxy) is 1. The number of piperazine rings is 1. The van der Waals surface area contributed by atoms with Crippen LogP contribution in [0.1, 0.15) is 30.9 Å². The van der Waals surface area contributed by atoms with E-state index in [0.717, 1.165) is 56.4 Å². The standard InChI is InChI=1S/C25H27ClN6O/c1-15-10-17-4-5-20(24(26)19(17)11-15)33-25-30-22(13-23(31-25)32-8-6-27-7-9-32)29-21-12-18(14-28-21)16-2-3-16/h4-5,11-13,16,27H,2-3,6-10,14H2,1H3,(H,28,29,30,31). The summed E-state index contributed by atoms with van der Waals surface area (Å²) >= 11 is 6.70. The van der Waals surface area contributed by atoms with Crippen LogP contribution in [-0.2, 0) is 6.42 Å². The molecule has 170 valence electrons. The summed E-state index contributed by atoms with van der Waals surface area (Å²) in [5.74, 6) is 3.65. The van der Waals surface area contributed by atoms with E-state index in [9.17, 15) is 0 Å². The van der Waals surface area contributed by atoms with Gasteiger partial charge in [0, 0.05) is 37.8 Å². The highest BCUT2D eigenvalue weighted by Gasteiger charge is 2.28. The van der Waals surface area contributed by atoms with Crippen molar-refractivity contribution in [1.82, 2.24) is 15.3 Å². The average molecular weight is 463 g/mol. The van der Waals surface area contributed by atoms with E-state index >= 15 is 0 Å². The van der Waals surface area contributed by atoms with Crippen LogP contribution in [0, 0.1) is 5.92 Å². The Morgan fingerprint density at radius 2 is 2.00 bits per heavy atom. The molecule has 0 radical (unpaired) electrons. The Morgan fingerprint density at radius 1 is 1.15 bits per heavy atom. The lowest BCUT2D eigenvalue weighted by molar-refractivity contribution is 0.441. The average Bonchev–Trinajstić information content (AvgIpc) is 3.45. The van der Waals surface area contributed by atoms with Crippen LogP contribution in [0.15, 0.2) is 40.4 Å². The third kappa shape index (κ3) is 4.35. The van der Waals surface area contributed by atoms with Crippen molar-refractivity contribution in [2.75, 3.05) is 42.9 Å². The molecule has 1 saturated heterocycles. The summed E-state index contributed by atoms with van der Waals surface area (Å²) in [5.41, 5.74) is 4.96. The van der Waals surface area contributed by atoms with Gasteiger partial charge in [-0.15, -0.1) is 0 Å². The van der Waals surface area contributed by atoms with Gasteiger partial charge < -0.3 is 20.3 Å². The highest BCUT2D eigenvalue weighted by Crippen LogP contribution is 2.39. The van der Waals surface area contributed by atoms with E-state index in [1.54, 1.807) is 0 Å². The molecule has 33 heavy (non-hydrogen) atoms. The molecule has 2 aliphatic heterocycles. The number of benzene rings is 1. The first-order chi connectivity index (χ1) is 16.1. The van der Waals surface area contributed by atoms with Gasteiger partial charge in [0.15, 0.2) is 0 Å². The minimum absolute atomic E-state index is 0.277. The van der Waals surface area contributed by atoms with Gasteiger partial charge in [-0.25, -0.2) is 0 Å². The third-order valence-corrected chi connectivity index (χ3v) is 6.93. The predicted octanol–water partition coefficient (Wildman–Crippen LogP) is 4.45. The molecule has 3 heterocycles. The van der Waals surface area contributed by atoms with E-state index < -0.39 is 0 Å². The summed E-state index contributed by atoms with van der Waals surface area (Å²) in [5, 5.41) is 7.37. The molecule has 1 aromatic heterocycles. The van der Waals surface area contributed by atoms with E-state index in [-0.39, 0.29) is 6.01 Å². The van der Waals surface area contributed by atoms with Crippen LogP contribution < -0.4 is 20.3 Å². The lowest BCUT2D eigenvalue weighted by Gasteiger charge is -2.28. The van der Waals surface area contributed by atoms with E-state index in [4.69, 9.17) is 21.3 Å². The van der Waals surface area contributed by atoms with Crippen molar-refractivity contribution < 1.29 is 4.74 Å². The molecule has 7 nitrogen and oxygen atoms in total. The molecule has 0 amide bonds. The van der Waals surface area contributed by atoms with Gasteiger partial charge in [-0.05, 0) is 55.4 Å². The van der Waals surface area contributed by atoms with Crippen LogP contribution in [0.25, 0.3) is 6.08 Å². The molecular formula is C25H27ClN6O. The molecular weight excluding hydrogens is 436 g/mol. The number of aliphatic imine (C=N–C) groups is 1. The summed E-state index contributed by atoms with van der Waals surface area (Å²) in [6.45, 7) is 6.50. The van der Waals surface area contributed by atoms with Gasteiger partial charge in [0.05, 0.1) is 11.6 Å². The second-order valence-corrected chi connectivity index (χ2v) is 9.55. The third-order valence-electron chi connectivity index (χ3n) is 6.54. The van der Waals surface area contributed by atoms with Crippen LogP contribution >= 0.6 is 11.6 Å². The fourth-order valence-electron chi connectivity index (χ4n) is 4.63. The zero-order valence-electron chi connectivity index (χ0n) is 18.7. The van der Waals surface area contributed by atoms with Gasteiger partial charge >= 0.3 is 6.01 Å². The highest BCUT2D eigenvalue weighted by atomic mass is 35.5. The molecule has 0 unspecified atom stereocenters. The Labute approximate surface area is 198 Å². The normalized spacial score (nSPS) is 19.7. The van der Waals surface area contributed by atoms with Gasteiger partial charge in [0.25, 0.3) is 0 Å². The first-order valence-electron chi connectivity index (χ1n) is 11.7. The van der Waals surface area contributed by atoms with Crippen molar-refractivity contribution in [2.24, 2.45) is 10.9 Å². The SMILES string of the molecule is CC1=Cc2c(ccc(Oc3nc(NC4=NCC(C5CC5)=C4)cc(N4CCNCC4)n3)c2Cl)C1. The summed E-state index contributed by atoms with van der Waals surface area (Å²) in [6.07, 6.45) is 7.78. The lowest BCUT2D eigenvalue weighted by atomic mass is 10.1. The highest BCUT2D eigenvalue weighted by molar-refractivity contribution is 6.33. The molecule has 2 N–H and O–H groups in total. The van der Waals surface area contributed by atoms with Gasteiger partial charge in [-0.2, -0.15) is 9.97 Å². The minimum Gasteiger partial charge on any atom is -0.423 e. The molecule has 1 saturated carbocycles. The van der Waals surface area contributed by atoms with Crippen molar-refractivity contribution >= 4 is 35.1 Å². The number of halogens is 1. The maximum atomic E-state index is 6.70. The van der Waals surface area contributed by atoms with Gasteiger partial charge in [0.1, 0.15) is 23.2 Å².